The summed E-state index contributed by atoms with van der Waals surface area (Å²) < 4.78 is 25.8. The van der Waals surface area contributed by atoms with E-state index in [0.29, 0.717) is 6.42 Å². The van der Waals surface area contributed by atoms with E-state index in [1.807, 2.05) is 5.38 Å². The van der Waals surface area contributed by atoms with Gasteiger partial charge in [-0.05, 0) is 59.3 Å². The van der Waals surface area contributed by atoms with Crippen molar-refractivity contribution >= 4 is 11.3 Å². The summed E-state index contributed by atoms with van der Waals surface area (Å²) in [6.45, 7) is 0. The van der Waals surface area contributed by atoms with Crippen molar-refractivity contribution in [1.82, 2.24) is 0 Å². The fourth-order valence-corrected chi connectivity index (χ4v) is 2.56. The summed E-state index contributed by atoms with van der Waals surface area (Å²) in [5.41, 5.74) is 8.02. The third kappa shape index (κ3) is 3.62. The van der Waals surface area contributed by atoms with Crippen molar-refractivity contribution in [3.63, 3.8) is 0 Å². The summed E-state index contributed by atoms with van der Waals surface area (Å²) in [5, 5.41) is 4.14. The zero-order valence-electron chi connectivity index (χ0n) is 9.90. The van der Waals surface area contributed by atoms with Gasteiger partial charge in [-0.2, -0.15) is 11.3 Å². The van der Waals surface area contributed by atoms with Crippen LogP contribution in [0.1, 0.15) is 17.5 Å². The van der Waals surface area contributed by atoms with Gasteiger partial charge in [-0.25, -0.2) is 8.78 Å². The summed E-state index contributed by atoms with van der Waals surface area (Å²) in [4.78, 5) is 0. The van der Waals surface area contributed by atoms with Crippen molar-refractivity contribution in [2.75, 3.05) is 0 Å². The van der Waals surface area contributed by atoms with Crippen molar-refractivity contribution in [2.24, 2.45) is 5.73 Å². The molecule has 0 saturated carbocycles. The Morgan fingerprint density at radius 3 is 2.61 bits per heavy atom. The van der Waals surface area contributed by atoms with Crippen LogP contribution in [0, 0.1) is 11.6 Å². The van der Waals surface area contributed by atoms with E-state index in [1.54, 1.807) is 17.4 Å². The molecule has 1 aromatic heterocycles. The van der Waals surface area contributed by atoms with Gasteiger partial charge in [0.25, 0.3) is 0 Å². The second-order valence-electron chi connectivity index (χ2n) is 4.38. The number of aryl methyl sites for hydroxylation is 1. The third-order valence-corrected chi connectivity index (χ3v) is 3.60. The Labute approximate surface area is 109 Å². The normalized spacial score (nSPS) is 12.6. The summed E-state index contributed by atoms with van der Waals surface area (Å²) in [5.74, 6) is -1.62. The van der Waals surface area contributed by atoms with Gasteiger partial charge < -0.3 is 5.73 Å². The lowest BCUT2D eigenvalue weighted by Crippen LogP contribution is -2.23. The number of nitrogens with two attached hydrogens (primary N) is 1. The Morgan fingerprint density at radius 2 is 1.94 bits per heavy atom. The monoisotopic (exact) mass is 267 g/mol. The molecule has 0 amide bonds. The molecule has 0 fully saturated rings. The van der Waals surface area contributed by atoms with Gasteiger partial charge in [-0.15, -0.1) is 0 Å². The molecule has 0 spiro atoms. The minimum atomic E-state index is -0.814. The molecular formula is C14H15F2NS. The Bertz CT molecular complexity index is 497. The average molecular weight is 267 g/mol. The van der Waals surface area contributed by atoms with Gasteiger partial charge in [-0.1, -0.05) is 6.07 Å². The SMILES string of the molecule is NC(CCc1ccsc1)Cc1ccc(F)c(F)c1. The molecule has 18 heavy (non-hydrogen) atoms. The van der Waals surface area contributed by atoms with E-state index in [4.69, 9.17) is 5.73 Å². The van der Waals surface area contributed by atoms with Gasteiger partial charge in [0.15, 0.2) is 11.6 Å². The second-order valence-corrected chi connectivity index (χ2v) is 5.16. The fraction of sp³-hybridized carbons (Fsp3) is 0.286. The van der Waals surface area contributed by atoms with Crippen molar-refractivity contribution < 1.29 is 8.78 Å². The number of benzene rings is 1. The molecule has 2 N–H and O–H groups in total. The summed E-state index contributed by atoms with van der Waals surface area (Å²) in [7, 11) is 0. The molecule has 0 bridgehead atoms. The van der Waals surface area contributed by atoms with Crippen LogP contribution in [0.4, 0.5) is 8.78 Å². The predicted octanol–water partition coefficient (Wildman–Crippen LogP) is 3.53. The van der Waals surface area contributed by atoms with E-state index >= 15 is 0 Å². The maximum atomic E-state index is 13.0. The summed E-state index contributed by atoms with van der Waals surface area (Å²) >= 11 is 1.67. The molecule has 0 saturated heterocycles. The molecule has 1 aromatic carbocycles. The van der Waals surface area contributed by atoms with E-state index in [-0.39, 0.29) is 6.04 Å². The van der Waals surface area contributed by atoms with E-state index in [2.05, 4.69) is 11.4 Å². The number of halogens is 2. The van der Waals surface area contributed by atoms with Crippen molar-refractivity contribution in [3.05, 3.63) is 57.8 Å². The second kappa shape index (κ2) is 6.07. The molecule has 2 rings (SSSR count). The Kier molecular flexibility index (Phi) is 4.44. The molecular weight excluding hydrogens is 252 g/mol. The predicted molar refractivity (Wildman–Crippen MR) is 70.7 cm³/mol. The molecule has 2 aromatic rings. The van der Waals surface area contributed by atoms with Crippen LogP contribution in [0.25, 0.3) is 0 Å². The lowest BCUT2D eigenvalue weighted by Gasteiger charge is -2.11. The van der Waals surface area contributed by atoms with Gasteiger partial charge in [0, 0.05) is 6.04 Å². The molecule has 0 aliphatic heterocycles. The molecule has 96 valence electrons. The highest BCUT2D eigenvalue weighted by Crippen LogP contribution is 2.13. The number of rotatable bonds is 5. The maximum absolute atomic E-state index is 13.0. The third-order valence-electron chi connectivity index (χ3n) is 2.87. The highest BCUT2D eigenvalue weighted by atomic mass is 32.1. The van der Waals surface area contributed by atoms with Crippen LogP contribution in [0.5, 0.6) is 0 Å². The summed E-state index contributed by atoms with van der Waals surface area (Å²) in [6.07, 6.45) is 2.34. The number of hydrogen-bond acceptors (Lipinski definition) is 2. The van der Waals surface area contributed by atoms with Crippen LogP contribution in [0.2, 0.25) is 0 Å². The van der Waals surface area contributed by atoms with Gasteiger partial charge in [-0.3, -0.25) is 0 Å². The molecule has 0 aliphatic rings. The van der Waals surface area contributed by atoms with E-state index < -0.39 is 11.6 Å². The zero-order valence-corrected chi connectivity index (χ0v) is 10.7. The Hall–Kier alpha value is -1.26. The quantitative estimate of drug-likeness (QED) is 0.881. The van der Waals surface area contributed by atoms with Crippen molar-refractivity contribution in [1.29, 1.82) is 0 Å². The first-order valence-electron chi connectivity index (χ1n) is 5.86. The zero-order chi connectivity index (χ0) is 13.0. The smallest absolute Gasteiger partial charge is 0.159 e. The molecule has 1 unspecified atom stereocenters. The average Bonchev–Trinajstić information content (AvgIpc) is 2.84. The van der Waals surface area contributed by atoms with Crippen LogP contribution in [-0.2, 0) is 12.8 Å². The van der Waals surface area contributed by atoms with E-state index in [0.717, 1.165) is 24.5 Å². The lowest BCUT2D eigenvalue weighted by atomic mass is 10.0. The minimum absolute atomic E-state index is 0.0326. The van der Waals surface area contributed by atoms with Crippen molar-refractivity contribution in [2.45, 2.75) is 25.3 Å². The first-order valence-corrected chi connectivity index (χ1v) is 6.80. The first kappa shape index (κ1) is 13.2. The van der Waals surface area contributed by atoms with E-state index in [1.165, 1.54) is 11.6 Å². The molecule has 0 aliphatic carbocycles. The first-order chi connectivity index (χ1) is 8.65. The van der Waals surface area contributed by atoms with Crippen LogP contribution >= 0.6 is 11.3 Å². The molecule has 1 atom stereocenters. The van der Waals surface area contributed by atoms with Crippen LogP contribution in [0.15, 0.2) is 35.0 Å². The lowest BCUT2D eigenvalue weighted by molar-refractivity contribution is 0.505. The van der Waals surface area contributed by atoms with E-state index in [9.17, 15) is 8.78 Å². The largest absolute Gasteiger partial charge is 0.327 e. The Morgan fingerprint density at radius 1 is 1.11 bits per heavy atom. The summed E-state index contributed by atoms with van der Waals surface area (Å²) in [6, 6.07) is 6.00. The van der Waals surface area contributed by atoms with Crippen molar-refractivity contribution in [3.8, 4) is 0 Å². The minimum Gasteiger partial charge on any atom is -0.327 e. The molecule has 4 heteroatoms. The topological polar surface area (TPSA) is 26.0 Å². The van der Waals surface area contributed by atoms with Crippen LogP contribution in [-0.4, -0.2) is 6.04 Å². The van der Waals surface area contributed by atoms with Gasteiger partial charge in [0.05, 0.1) is 0 Å². The number of thiophene rings is 1. The Balaban J connectivity index is 1.86. The molecule has 1 heterocycles. The van der Waals surface area contributed by atoms with Gasteiger partial charge in [0.1, 0.15) is 0 Å². The number of hydrogen-bond donors (Lipinski definition) is 1. The molecule has 0 radical (unpaired) electrons. The van der Waals surface area contributed by atoms with Gasteiger partial charge in [0.2, 0.25) is 0 Å². The maximum Gasteiger partial charge on any atom is 0.159 e. The fourth-order valence-electron chi connectivity index (χ4n) is 1.86. The highest BCUT2D eigenvalue weighted by molar-refractivity contribution is 7.07. The standard InChI is InChI=1S/C14H15F2NS/c15-13-4-2-11(8-14(13)16)7-12(17)3-1-10-5-6-18-9-10/h2,4-6,8-9,12H,1,3,7,17H2. The van der Waals surface area contributed by atoms with Gasteiger partial charge >= 0.3 is 0 Å². The molecule has 1 nitrogen and oxygen atoms in total. The van der Waals surface area contributed by atoms with Crippen LogP contribution in [0.3, 0.4) is 0 Å². The highest BCUT2D eigenvalue weighted by Gasteiger charge is 2.08. The van der Waals surface area contributed by atoms with Crippen LogP contribution < -0.4 is 5.73 Å².